The first-order valence-electron chi connectivity index (χ1n) is 4.66. The second kappa shape index (κ2) is 16.3. The van der Waals surface area contributed by atoms with Gasteiger partial charge in [-0.25, -0.2) is 0 Å². The van der Waals surface area contributed by atoms with Crippen LogP contribution in [0.4, 0.5) is 0 Å². The minimum Gasteiger partial charge on any atom is -0.330 e. The Morgan fingerprint density at radius 1 is 1.07 bits per heavy atom. The van der Waals surface area contributed by atoms with E-state index < -0.39 is 0 Å². The van der Waals surface area contributed by atoms with Crippen molar-refractivity contribution in [1.29, 1.82) is 0 Å². The summed E-state index contributed by atoms with van der Waals surface area (Å²) < 4.78 is 0. The Balaban J connectivity index is -0.0000000750. The van der Waals surface area contributed by atoms with Gasteiger partial charge >= 0.3 is 0 Å². The molecule has 0 aliphatic carbocycles. The van der Waals surface area contributed by atoms with Gasteiger partial charge in [0.15, 0.2) is 0 Å². The van der Waals surface area contributed by atoms with Crippen molar-refractivity contribution in [2.75, 3.05) is 0 Å². The van der Waals surface area contributed by atoms with Crippen molar-refractivity contribution in [3.63, 3.8) is 0 Å². The molecule has 81 valence electrons. The largest absolute Gasteiger partial charge is 0.330 e. The maximum atomic E-state index is 10.5. The Kier molecular flexibility index (Phi) is 28.1. The van der Waals surface area contributed by atoms with Crippen molar-refractivity contribution in [1.82, 2.24) is 5.32 Å². The van der Waals surface area contributed by atoms with Crippen LogP contribution in [0.1, 0.15) is 48.0 Å². The first-order valence-corrected chi connectivity index (χ1v) is 4.66. The van der Waals surface area contributed by atoms with Crippen molar-refractivity contribution >= 4 is 5.91 Å². The van der Waals surface area contributed by atoms with E-state index in [0.717, 1.165) is 11.3 Å². The Bertz CT molecular complexity index is 154. The molecule has 1 aliphatic heterocycles. The van der Waals surface area contributed by atoms with E-state index in [0.29, 0.717) is 6.42 Å². The predicted molar refractivity (Wildman–Crippen MR) is 53.8 cm³/mol. The average Bonchev–Trinajstić information content (AvgIpc) is 2.37. The molecule has 1 aliphatic rings. The van der Waals surface area contributed by atoms with Gasteiger partial charge in [0.05, 0.1) is 0 Å². The fraction of sp³-hybridized carbons (Fsp3) is 0.700. The molecule has 4 heteroatoms. The maximum Gasteiger partial charge on any atom is 0.228 e. The van der Waals surface area contributed by atoms with Crippen LogP contribution < -0.4 is 5.32 Å². The second-order valence-corrected chi connectivity index (χ2v) is 2.13. The SMILES string of the molecule is CC.CC.CC1=C(C)NC(=O)C1.[U].[V]. The Morgan fingerprint density at radius 2 is 1.43 bits per heavy atom. The molecule has 0 aromatic rings. The van der Waals surface area contributed by atoms with Gasteiger partial charge in [-0.2, -0.15) is 0 Å². The number of carbonyl (C=O) groups excluding carboxylic acids is 1. The summed E-state index contributed by atoms with van der Waals surface area (Å²) >= 11 is 0. The molecule has 1 heterocycles. The van der Waals surface area contributed by atoms with Crippen LogP contribution in [0.15, 0.2) is 11.3 Å². The van der Waals surface area contributed by atoms with E-state index in [9.17, 15) is 4.79 Å². The van der Waals surface area contributed by atoms with E-state index in [1.807, 2.05) is 41.5 Å². The summed E-state index contributed by atoms with van der Waals surface area (Å²) in [6.07, 6.45) is 0.589. The molecule has 0 fully saturated rings. The van der Waals surface area contributed by atoms with Crippen LogP contribution in [-0.4, -0.2) is 5.91 Å². The van der Waals surface area contributed by atoms with Gasteiger partial charge in [0.1, 0.15) is 0 Å². The summed E-state index contributed by atoms with van der Waals surface area (Å²) in [6.45, 7) is 11.9. The fourth-order valence-corrected chi connectivity index (χ4v) is 0.733. The number of allylic oxidation sites excluding steroid dienone is 1. The van der Waals surface area contributed by atoms with Gasteiger partial charge in [0, 0.05) is 61.8 Å². The van der Waals surface area contributed by atoms with E-state index in [2.05, 4.69) is 5.32 Å². The zero-order valence-corrected chi connectivity index (χ0v) is 15.6. The zero-order valence-electron chi connectivity index (χ0n) is 10.1. The molecule has 0 saturated heterocycles. The molecule has 0 bridgehead atoms. The zero-order chi connectivity index (χ0) is 10.1. The first-order chi connectivity index (χ1) is 5.70. The number of hydrogen-bond acceptors (Lipinski definition) is 1. The van der Waals surface area contributed by atoms with Crippen LogP contribution in [0.2, 0.25) is 0 Å². The fourth-order valence-electron chi connectivity index (χ4n) is 0.733. The summed E-state index contributed by atoms with van der Waals surface area (Å²) in [6, 6.07) is 0. The quantitative estimate of drug-likeness (QED) is 0.592. The normalized spacial score (nSPS) is 12.0. The average molecular weight is 460 g/mol. The standard InChI is InChI=1S/C6H9NO.2C2H6.U.V/c1-4-3-6(8)7-5(4)2;2*1-2;;/h3H2,1-2H3,(H,7,8);2*1-2H3;;. The van der Waals surface area contributed by atoms with Crippen molar-refractivity contribution in [3.8, 4) is 0 Å². The Labute approximate surface area is 124 Å². The third-order valence-electron chi connectivity index (χ3n) is 1.39. The number of hydrogen-bond donors (Lipinski definition) is 1. The van der Waals surface area contributed by atoms with Gasteiger partial charge in [0.2, 0.25) is 5.91 Å². The van der Waals surface area contributed by atoms with E-state index in [1.54, 1.807) is 0 Å². The maximum absolute atomic E-state index is 10.5. The van der Waals surface area contributed by atoms with Crippen LogP contribution in [0.5, 0.6) is 0 Å². The molecule has 0 saturated carbocycles. The molecule has 0 unspecified atom stereocenters. The van der Waals surface area contributed by atoms with E-state index >= 15 is 0 Å². The number of amides is 1. The molecule has 0 aromatic carbocycles. The molecule has 2 nitrogen and oxygen atoms in total. The smallest absolute Gasteiger partial charge is 0.228 e. The number of carbonyl (C=O) groups is 1. The molecular formula is C10H21NOUV. The molecule has 0 atom stereocenters. The Hall–Kier alpha value is 0.846. The second-order valence-electron chi connectivity index (χ2n) is 2.13. The van der Waals surface area contributed by atoms with Gasteiger partial charge in [0.25, 0.3) is 0 Å². The van der Waals surface area contributed by atoms with Crippen LogP contribution in [0.25, 0.3) is 0 Å². The molecule has 1 N–H and O–H groups in total. The summed E-state index contributed by atoms with van der Waals surface area (Å²) in [5.41, 5.74) is 2.19. The molecule has 0 aromatic heterocycles. The van der Waals surface area contributed by atoms with Gasteiger partial charge in [-0.3, -0.25) is 4.79 Å². The number of nitrogens with one attached hydrogen (secondary N) is 1. The van der Waals surface area contributed by atoms with Gasteiger partial charge < -0.3 is 5.32 Å². The van der Waals surface area contributed by atoms with Gasteiger partial charge in [-0.05, 0) is 19.4 Å². The molecule has 1 rings (SSSR count). The molecule has 14 heavy (non-hydrogen) atoms. The van der Waals surface area contributed by atoms with Crippen molar-refractivity contribution in [3.05, 3.63) is 11.3 Å². The Morgan fingerprint density at radius 3 is 1.50 bits per heavy atom. The third kappa shape index (κ3) is 10.9. The summed E-state index contributed by atoms with van der Waals surface area (Å²) in [7, 11) is 0. The van der Waals surface area contributed by atoms with Crippen LogP contribution >= 0.6 is 0 Å². The molecule has 1 amide bonds. The van der Waals surface area contributed by atoms with Crippen molar-refractivity contribution in [2.45, 2.75) is 48.0 Å². The summed E-state index contributed by atoms with van der Waals surface area (Å²) in [5, 5.41) is 2.71. The third-order valence-corrected chi connectivity index (χ3v) is 1.39. The van der Waals surface area contributed by atoms with Crippen molar-refractivity contribution in [2.24, 2.45) is 0 Å². The molecule has 0 spiro atoms. The predicted octanol–water partition coefficient (Wildman–Crippen LogP) is 2.85. The first kappa shape index (κ1) is 24.2. The van der Waals surface area contributed by atoms with Crippen molar-refractivity contribution < 1.29 is 54.5 Å². The van der Waals surface area contributed by atoms with Crippen LogP contribution in [0.3, 0.4) is 0 Å². The molecule has 1 radical (unpaired) electrons. The van der Waals surface area contributed by atoms with E-state index in [4.69, 9.17) is 0 Å². The minimum absolute atomic E-state index is 0. The van der Waals surface area contributed by atoms with Crippen LogP contribution in [0, 0.1) is 31.1 Å². The summed E-state index contributed by atoms with van der Waals surface area (Å²) in [5.74, 6) is 0.125. The van der Waals surface area contributed by atoms with Gasteiger partial charge in [-0.15, -0.1) is 0 Å². The minimum atomic E-state index is 0. The monoisotopic (exact) mass is 460 g/mol. The topological polar surface area (TPSA) is 29.1 Å². The summed E-state index contributed by atoms with van der Waals surface area (Å²) in [4.78, 5) is 10.5. The molecular weight excluding hydrogens is 439 g/mol. The van der Waals surface area contributed by atoms with E-state index in [1.165, 1.54) is 0 Å². The van der Waals surface area contributed by atoms with E-state index in [-0.39, 0.29) is 55.6 Å². The van der Waals surface area contributed by atoms with Gasteiger partial charge in [-0.1, -0.05) is 27.7 Å². The van der Waals surface area contributed by atoms with Crippen LogP contribution in [-0.2, 0) is 23.4 Å². The number of rotatable bonds is 0.